The third-order valence-corrected chi connectivity index (χ3v) is 3.62. The van der Waals surface area contributed by atoms with Crippen molar-refractivity contribution in [2.24, 2.45) is 11.8 Å². The summed E-state index contributed by atoms with van der Waals surface area (Å²) in [7, 11) is 0. The molecule has 14 heavy (non-hydrogen) atoms. The summed E-state index contributed by atoms with van der Waals surface area (Å²) >= 11 is 4.43. The molecule has 1 aliphatic rings. The van der Waals surface area contributed by atoms with Crippen molar-refractivity contribution in [2.45, 2.75) is 26.8 Å². The highest BCUT2D eigenvalue weighted by atomic mass is 32.1. The number of ether oxygens (including phenoxy) is 1. The van der Waals surface area contributed by atoms with E-state index in [1.54, 1.807) is 0 Å². The molecule has 1 rings (SSSR count). The number of nitrogens with zero attached hydrogens (tertiary/aromatic N) is 1. The molecule has 1 aliphatic heterocycles. The van der Waals surface area contributed by atoms with E-state index < -0.39 is 0 Å². The zero-order valence-electron chi connectivity index (χ0n) is 9.57. The van der Waals surface area contributed by atoms with Crippen LogP contribution in [0.5, 0.6) is 0 Å². The van der Waals surface area contributed by atoms with Crippen molar-refractivity contribution in [2.75, 3.05) is 32.1 Å². The Bertz CT molecular complexity index is 163. The van der Waals surface area contributed by atoms with Crippen LogP contribution in [0.3, 0.4) is 0 Å². The second kappa shape index (κ2) is 5.99. The first kappa shape index (κ1) is 12.3. The van der Waals surface area contributed by atoms with Gasteiger partial charge in [-0.3, -0.25) is 4.90 Å². The van der Waals surface area contributed by atoms with Gasteiger partial charge in [0.25, 0.3) is 0 Å². The van der Waals surface area contributed by atoms with Crippen molar-refractivity contribution >= 4 is 12.6 Å². The van der Waals surface area contributed by atoms with Crippen molar-refractivity contribution < 1.29 is 4.74 Å². The molecular formula is C11H23NOS. The molecule has 84 valence electrons. The minimum absolute atomic E-state index is 0.574. The monoisotopic (exact) mass is 217 g/mol. The van der Waals surface area contributed by atoms with E-state index >= 15 is 0 Å². The number of morpholine rings is 1. The lowest BCUT2D eigenvalue weighted by molar-refractivity contribution is -0.00855. The van der Waals surface area contributed by atoms with Crippen LogP contribution in [-0.2, 0) is 4.74 Å². The third-order valence-electron chi connectivity index (χ3n) is 3.15. The van der Waals surface area contributed by atoms with Crippen molar-refractivity contribution in [1.82, 2.24) is 4.90 Å². The second-order valence-electron chi connectivity index (χ2n) is 4.61. The molecule has 0 bridgehead atoms. The Kier molecular flexibility index (Phi) is 5.28. The molecule has 0 spiro atoms. The fraction of sp³-hybridized carbons (Fsp3) is 1.00. The number of thiol groups is 1. The molecular weight excluding hydrogens is 194 g/mol. The predicted octanol–water partition coefficient (Wildman–Crippen LogP) is 1.91. The highest BCUT2D eigenvalue weighted by molar-refractivity contribution is 7.80. The quantitative estimate of drug-likeness (QED) is 0.722. The summed E-state index contributed by atoms with van der Waals surface area (Å²) in [5.74, 6) is 2.42. The van der Waals surface area contributed by atoms with Crippen LogP contribution in [0.15, 0.2) is 0 Å². The van der Waals surface area contributed by atoms with Gasteiger partial charge in [0.1, 0.15) is 0 Å². The van der Waals surface area contributed by atoms with E-state index in [-0.39, 0.29) is 0 Å². The molecule has 0 saturated carbocycles. The maximum Gasteiger partial charge on any atom is 0.0619 e. The molecule has 0 N–H and O–H groups in total. The Morgan fingerprint density at radius 1 is 1.50 bits per heavy atom. The van der Waals surface area contributed by atoms with Gasteiger partial charge in [0.15, 0.2) is 0 Å². The summed E-state index contributed by atoms with van der Waals surface area (Å²) in [4.78, 5) is 2.53. The van der Waals surface area contributed by atoms with Gasteiger partial charge in [-0.2, -0.15) is 12.6 Å². The average molecular weight is 217 g/mol. The van der Waals surface area contributed by atoms with Gasteiger partial charge in [0.05, 0.1) is 13.2 Å². The zero-order valence-corrected chi connectivity index (χ0v) is 10.5. The fourth-order valence-corrected chi connectivity index (χ4v) is 2.35. The Morgan fingerprint density at radius 2 is 2.21 bits per heavy atom. The Labute approximate surface area is 93.4 Å². The van der Waals surface area contributed by atoms with Crippen LogP contribution >= 0.6 is 12.6 Å². The summed E-state index contributed by atoms with van der Waals surface area (Å²) in [5, 5.41) is 0. The van der Waals surface area contributed by atoms with Crippen LogP contribution in [0, 0.1) is 11.8 Å². The van der Waals surface area contributed by atoms with Gasteiger partial charge in [-0.1, -0.05) is 13.8 Å². The van der Waals surface area contributed by atoms with Crippen LogP contribution < -0.4 is 0 Å². The fourth-order valence-electron chi connectivity index (χ4n) is 1.81. The van der Waals surface area contributed by atoms with Crippen molar-refractivity contribution in [1.29, 1.82) is 0 Å². The van der Waals surface area contributed by atoms with Crippen LogP contribution in [-0.4, -0.2) is 43.0 Å². The Hall–Kier alpha value is 0.270. The molecule has 0 aromatic rings. The maximum absolute atomic E-state index is 5.43. The summed E-state index contributed by atoms with van der Waals surface area (Å²) in [6.45, 7) is 10.8. The molecule has 2 nitrogen and oxygen atoms in total. The summed E-state index contributed by atoms with van der Waals surface area (Å²) in [6, 6.07) is 0.574. The molecule has 0 aliphatic carbocycles. The highest BCUT2D eigenvalue weighted by Crippen LogP contribution is 2.17. The summed E-state index contributed by atoms with van der Waals surface area (Å²) in [6.07, 6.45) is 0. The highest BCUT2D eigenvalue weighted by Gasteiger charge is 2.22. The van der Waals surface area contributed by atoms with E-state index in [1.165, 1.54) is 6.54 Å². The predicted molar refractivity (Wildman–Crippen MR) is 64.0 cm³/mol. The molecule has 0 radical (unpaired) electrons. The van der Waals surface area contributed by atoms with E-state index in [4.69, 9.17) is 4.74 Å². The SMILES string of the molecule is CC(C)C(CS)CN1CCOCC1C. The molecule has 2 atom stereocenters. The molecule has 2 unspecified atom stereocenters. The first-order valence-corrected chi connectivity index (χ1v) is 6.21. The molecule has 3 heteroatoms. The van der Waals surface area contributed by atoms with E-state index in [9.17, 15) is 0 Å². The van der Waals surface area contributed by atoms with Crippen molar-refractivity contribution in [3.05, 3.63) is 0 Å². The van der Waals surface area contributed by atoms with Gasteiger partial charge in [-0.05, 0) is 24.5 Å². The standard InChI is InChI=1S/C11H23NOS/c1-9(2)11(8-14)6-12-4-5-13-7-10(12)3/h9-11,14H,4-8H2,1-3H3. The molecule has 1 saturated heterocycles. The largest absolute Gasteiger partial charge is 0.379 e. The molecule has 0 aromatic carbocycles. The smallest absolute Gasteiger partial charge is 0.0619 e. The van der Waals surface area contributed by atoms with E-state index in [2.05, 4.69) is 38.3 Å². The lowest BCUT2D eigenvalue weighted by Gasteiger charge is -2.36. The number of hydrogen-bond donors (Lipinski definition) is 1. The van der Waals surface area contributed by atoms with Crippen LogP contribution in [0.2, 0.25) is 0 Å². The minimum Gasteiger partial charge on any atom is -0.379 e. The normalized spacial score (nSPS) is 26.8. The first-order valence-electron chi connectivity index (χ1n) is 5.57. The molecule has 1 fully saturated rings. The van der Waals surface area contributed by atoms with E-state index in [0.717, 1.165) is 31.4 Å². The lowest BCUT2D eigenvalue weighted by atomic mass is 9.96. The first-order chi connectivity index (χ1) is 6.65. The van der Waals surface area contributed by atoms with Gasteiger partial charge in [-0.15, -0.1) is 0 Å². The van der Waals surface area contributed by atoms with Gasteiger partial charge in [0.2, 0.25) is 0 Å². The minimum atomic E-state index is 0.574. The van der Waals surface area contributed by atoms with Crippen molar-refractivity contribution in [3.63, 3.8) is 0 Å². The number of hydrogen-bond acceptors (Lipinski definition) is 3. The third kappa shape index (κ3) is 3.44. The van der Waals surface area contributed by atoms with E-state index in [0.29, 0.717) is 12.0 Å². The Morgan fingerprint density at radius 3 is 2.71 bits per heavy atom. The zero-order chi connectivity index (χ0) is 10.6. The summed E-state index contributed by atoms with van der Waals surface area (Å²) in [5.41, 5.74) is 0. The molecule has 1 heterocycles. The van der Waals surface area contributed by atoms with Crippen molar-refractivity contribution in [3.8, 4) is 0 Å². The summed E-state index contributed by atoms with van der Waals surface area (Å²) < 4.78 is 5.43. The van der Waals surface area contributed by atoms with Crippen LogP contribution in [0.25, 0.3) is 0 Å². The maximum atomic E-state index is 5.43. The lowest BCUT2D eigenvalue weighted by Crippen LogP contribution is -2.46. The van der Waals surface area contributed by atoms with Gasteiger partial charge in [-0.25, -0.2) is 0 Å². The Balaban J connectivity index is 2.39. The van der Waals surface area contributed by atoms with Gasteiger partial charge < -0.3 is 4.74 Å². The topological polar surface area (TPSA) is 12.5 Å². The number of rotatable bonds is 4. The van der Waals surface area contributed by atoms with Crippen LogP contribution in [0.4, 0.5) is 0 Å². The average Bonchev–Trinajstić information content (AvgIpc) is 2.16. The second-order valence-corrected chi connectivity index (χ2v) is 4.97. The van der Waals surface area contributed by atoms with Crippen LogP contribution in [0.1, 0.15) is 20.8 Å². The molecule has 0 aromatic heterocycles. The van der Waals surface area contributed by atoms with Gasteiger partial charge >= 0.3 is 0 Å². The van der Waals surface area contributed by atoms with E-state index in [1.807, 2.05) is 0 Å². The van der Waals surface area contributed by atoms with Gasteiger partial charge in [0, 0.05) is 19.1 Å². The molecule has 0 amide bonds.